The van der Waals surface area contributed by atoms with E-state index in [0.29, 0.717) is 22.5 Å². The average Bonchev–Trinajstić information content (AvgIpc) is 2.81. The number of nitrogens with one attached hydrogen (secondary N) is 2. The highest BCUT2D eigenvalue weighted by Crippen LogP contribution is 2.27. The maximum absolute atomic E-state index is 12.3. The van der Waals surface area contributed by atoms with Gasteiger partial charge in [-0.3, -0.25) is 0 Å². The minimum atomic E-state index is -3.36. The van der Waals surface area contributed by atoms with Gasteiger partial charge in [0.1, 0.15) is 4.21 Å². The van der Waals surface area contributed by atoms with Gasteiger partial charge in [-0.1, -0.05) is 0 Å². The molecule has 2 rings (SSSR count). The Morgan fingerprint density at radius 3 is 2.85 bits per heavy atom. The second-order valence-corrected chi connectivity index (χ2v) is 10.3. The molecule has 1 aromatic heterocycles. The molecular weight excluding hydrogens is 332 g/mol. The van der Waals surface area contributed by atoms with Crippen LogP contribution >= 0.6 is 34.9 Å². The summed E-state index contributed by atoms with van der Waals surface area (Å²) in [5.74, 6) is 3.31. The van der Waals surface area contributed by atoms with Crippen molar-refractivity contribution in [3.63, 3.8) is 0 Å². The van der Waals surface area contributed by atoms with Crippen LogP contribution in [0.15, 0.2) is 10.3 Å². The van der Waals surface area contributed by atoms with Gasteiger partial charge in [0, 0.05) is 40.5 Å². The SMILES string of the molecule is CNCc1sc(S(=O)(=O)NCC2CSCCS2)cc1C. The fourth-order valence-corrected chi connectivity index (χ4v) is 7.33. The van der Waals surface area contributed by atoms with E-state index in [1.54, 1.807) is 6.07 Å². The van der Waals surface area contributed by atoms with E-state index in [1.165, 1.54) is 17.1 Å². The van der Waals surface area contributed by atoms with E-state index >= 15 is 0 Å². The summed E-state index contributed by atoms with van der Waals surface area (Å²) in [5.41, 5.74) is 1.03. The van der Waals surface area contributed by atoms with Crippen LogP contribution in [-0.2, 0) is 16.6 Å². The van der Waals surface area contributed by atoms with Crippen LogP contribution in [0.3, 0.4) is 0 Å². The second kappa shape index (κ2) is 7.51. The van der Waals surface area contributed by atoms with E-state index in [2.05, 4.69) is 10.0 Å². The van der Waals surface area contributed by atoms with Crippen LogP contribution in [0.25, 0.3) is 0 Å². The van der Waals surface area contributed by atoms with Gasteiger partial charge in [-0.25, -0.2) is 13.1 Å². The van der Waals surface area contributed by atoms with Crippen molar-refractivity contribution in [1.82, 2.24) is 10.0 Å². The molecular formula is C12H20N2O2S4. The summed E-state index contributed by atoms with van der Waals surface area (Å²) in [4.78, 5) is 1.08. The van der Waals surface area contributed by atoms with Crippen molar-refractivity contribution in [3.8, 4) is 0 Å². The number of hydrogen-bond acceptors (Lipinski definition) is 6. The van der Waals surface area contributed by atoms with Crippen molar-refractivity contribution in [2.75, 3.05) is 30.9 Å². The minimum absolute atomic E-state index is 0.390. The van der Waals surface area contributed by atoms with Gasteiger partial charge < -0.3 is 5.32 Å². The van der Waals surface area contributed by atoms with Crippen molar-refractivity contribution < 1.29 is 8.42 Å². The fourth-order valence-electron chi connectivity index (χ4n) is 1.89. The molecule has 1 aromatic rings. The standard InChI is InChI=1S/C12H20N2O2S4/c1-9-5-12(19-11(9)7-13-2)20(15,16)14-6-10-8-17-3-4-18-10/h5,10,13-14H,3-4,6-8H2,1-2H3. The van der Waals surface area contributed by atoms with Crippen LogP contribution in [0, 0.1) is 6.92 Å². The number of thiophene rings is 1. The van der Waals surface area contributed by atoms with Gasteiger partial charge in [-0.05, 0) is 25.6 Å². The van der Waals surface area contributed by atoms with E-state index < -0.39 is 10.0 Å². The zero-order chi connectivity index (χ0) is 14.6. The largest absolute Gasteiger partial charge is 0.315 e. The highest BCUT2D eigenvalue weighted by Gasteiger charge is 2.21. The maximum atomic E-state index is 12.3. The predicted molar refractivity (Wildman–Crippen MR) is 90.6 cm³/mol. The summed E-state index contributed by atoms with van der Waals surface area (Å²) in [6, 6.07) is 1.77. The summed E-state index contributed by atoms with van der Waals surface area (Å²) < 4.78 is 27.8. The highest BCUT2D eigenvalue weighted by atomic mass is 32.2. The molecule has 1 atom stereocenters. The molecule has 114 valence electrons. The third-order valence-electron chi connectivity index (χ3n) is 2.99. The molecule has 1 aliphatic rings. The molecule has 2 heterocycles. The number of sulfonamides is 1. The topological polar surface area (TPSA) is 58.2 Å². The number of thioether (sulfide) groups is 2. The Bertz CT molecular complexity index is 536. The third kappa shape index (κ3) is 4.38. The molecule has 1 unspecified atom stereocenters. The van der Waals surface area contributed by atoms with Crippen molar-refractivity contribution in [3.05, 3.63) is 16.5 Å². The number of hydrogen-bond donors (Lipinski definition) is 2. The van der Waals surface area contributed by atoms with E-state index in [0.717, 1.165) is 21.9 Å². The summed E-state index contributed by atoms with van der Waals surface area (Å²) in [5, 5.41) is 3.45. The number of rotatable bonds is 6. The van der Waals surface area contributed by atoms with Gasteiger partial charge >= 0.3 is 0 Å². The van der Waals surface area contributed by atoms with Gasteiger partial charge in [-0.15, -0.1) is 11.3 Å². The monoisotopic (exact) mass is 352 g/mol. The molecule has 0 bridgehead atoms. The maximum Gasteiger partial charge on any atom is 0.250 e. The molecule has 1 aliphatic heterocycles. The fraction of sp³-hybridized carbons (Fsp3) is 0.667. The smallest absolute Gasteiger partial charge is 0.250 e. The summed E-state index contributed by atoms with van der Waals surface area (Å²) in [7, 11) is -1.50. The lowest BCUT2D eigenvalue weighted by Crippen LogP contribution is -2.33. The molecule has 20 heavy (non-hydrogen) atoms. The van der Waals surface area contributed by atoms with E-state index in [4.69, 9.17) is 0 Å². The van der Waals surface area contributed by atoms with Gasteiger partial charge in [0.2, 0.25) is 10.0 Å². The quantitative estimate of drug-likeness (QED) is 0.819. The molecule has 2 N–H and O–H groups in total. The Labute approximate surface area is 133 Å². The molecule has 4 nitrogen and oxygen atoms in total. The molecule has 0 spiro atoms. The molecule has 0 amide bonds. The molecule has 8 heteroatoms. The van der Waals surface area contributed by atoms with Crippen molar-refractivity contribution in [1.29, 1.82) is 0 Å². The Kier molecular flexibility index (Phi) is 6.25. The van der Waals surface area contributed by atoms with Gasteiger partial charge in [0.15, 0.2) is 0 Å². The first-order valence-corrected chi connectivity index (χ1v) is 11.0. The molecule has 1 saturated heterocycles. The number of aryl methyl sites for hydroxylation is 1. The molecule has 1 fully saturated rings. The summed E-state index contributed by atoms with van der Waals surface area (Å²) >= 11 is 5.12. The van der Waals surface area contributed by atoms with Crippen LogP contribution in [0.4, 0.5) is 0 Å². The lowest BCUT2D eigenvalue weighted by molar-refractivity contribution is 0.583. The lowest BCUT2D eigenvalue weighted by Gasteiger charge is -2.20. The Morgan fingerprint density at radius 1 is 1.40 bits per heavy atom. The molecule has 0 radical (unpaired) electrons. The van der Waals surface area contributed by atoms with Crippen LogP contribution in [0.1, 0.15) is 10.4 Å². The average molecular weight is 353 g/mol. The zero-order valence-electron chi connectivity index (χ0n) is 11.6. The normalized spacial score (nSPS) is 20.2. The van der Waals surface area contributed by atoms with E-state index in [1.807, 2.05) is 37.5 Å². The second-order valence-electron chi connectivity index (χ2n) is 4.62. The van der Waals surface area contributed by atoms with Crippen LogP contribution in [-0.4, -0.2) is 44.5 Å². The predicted octanol–water partition coefficient (Wildman–Crippen LogP) is 1.90. The first-order valence-electron chi connectivity index (χ1n) is 6.46. The Hall–Kier alpha value is 0.270. The molecule has 0 aliphatic carbocycles. The molecule has 0 saturated carbocycles. The van der Waals surface area contributed by atoms with Crippen LogP contribution in [0.2, 0.25) is 0 Å². The van der Waals surface area contributed by atoms with Crippen LogP contribution in [0.5, 0.6) is 0 Å². The van der Waals surface area contributed by atoms with E-state index in [-0.39, 0.29) is 0 Å². The van der Waals surface area contributed by atoms with Crippen molar-refractivity contribution in [2.24, 2.45) is 0 Å². The van der Waals surface area contributed by atoms with Crippen molar-refractivity contribution >= 4 is 44.9 Å². The van der Waals surface area contributed by atoms with E-state index in [9.17, 15) is 8.42 Å². The third-order valence-corrected chi connectivity index (χ3v) is 8.97. The van der Waals surface area contributed by atoms with Gasteiger partial charge in [0.05, 0.1) is 0 Å². The summed E-state index contributed by atoms with van der Waals surface area (Å²) in [6.07, 6.45) is 0. The van der Waals surface area contributed by atoms with Crippen molar-refractivity contribution in [2.45, 2.75) is 22.9 Å². The lowest BCUT2D eigenvalue weighted by atomic mass is 10.3. The van der Waals surface area contributed by atoms with Crippen LogP contribution < -0.4 is 10.0 Å². The first kappa shape index (κ1) is 16.6. The zero-order valence-corrected chi connectivity index (χ0v) is 14.9. The minimum Gasteiger partial charge on any atom is -0.315 e. The highest BCUT2D eigenvalue weighted by molar-refractivity contribution is 8.06. The molecule has 0 aromatic carbocycles. The Balaban J connectivity index is 2.00. The summed E-state index contributed by atoms with van der Waals surface area (Å²) in [6.45, 7) is 3.19. The van der Waals surface area contributed by atoms with Gasteiger partial charge in [-0.2, -0.15) is 23.5 Å². The van der Waals surface area contributed by atoms with Gasteiger partial charge in [0.25, 0.3) is 0 Å². The first-order chi connectivity index (χ1) is 9.53. The Morgan fingerprint density at radius 2 is 2.20 bits per heavy atom.